The molecule has 116 valence electrons. The highest BCUT2D eigenvalue weighted by Gasteiger charge is 2.09. The van der Waals surface area contributed by atoms with Crippen molar-refractivity contribution in [2.24, 2.45) is 0 Å². The van der Waals surface area contributed by atoms with Gasteiger partial charge < -0.3 is 20.2 Å². The number of anilines is 1. The molecular formula is C15H23N3O3. The Morgan fingerprint density at radius 2 is 1.90 bits per heavy atom. The summed E-state index contributed by atoms with van der Waals surface area (Å²) in [7, 11) is 5.73. The van der Waals surface area contributed by atoms with Gasteiger partial charge in [0.1, 0.15) is 0 Å². The van der Waals surface area contributed by atoms with Gasteiger partial charge in [-0.3, -0.25) is 4.79 Å². The van der Waals surface area contributed by atoms with E-state index in [0.717, 1.165) is 13.0 Å². The van der Waals surface area contributed by atoms with Crippen LogP contribution in [0.5, 0.6) is 0 Å². The molecular weight excluding hydrogens is 270 g/mol. The SMILES string of the molecule is CN(C)CCCN(C)C(=O)Nc1cccc(CC(=O)O)c1. The van der Waals surface area contributed by atoms with Crippen LogP contribution in [0.3, 0.4) is 0 Å². The zero-order chi connectivity index (χ0) is 15.8. The molecule has 6 nitrogen and oxygen atoms in total. The molecule has 2 amide bonds. The first-order valence-corrected chi connectivity index (χ1v) is 6.86. The van der Waals surface area contributed by atoms with Crippen molar-refractivity contribution in [3.05, 3.63) is 29.8 Å². The predicted molar refractivity (Wildman–Crippen MR) is 82.6 cm³/mol. The Labute approximate surface area is 125 Å². The van der Waals surface area contributed by atoms with Gasteiger partial charge in [-0.15, -0.1) is 0 Å². The molecule has 6 heteroatoms. The third-order valence-corrected chi connectivity index (χ3v) is 2.98. The average molecular weight is 293 g/mol. The first kappa shape index (κ1) is 17.0. The van der Waals surface area contributed by atoms with Crippen LogP contribution in [0.15, 0.2) is 24.3 Å². The molecule has 2 N–H and O–H groups in total. The molecule has 0 aliphatic carbocycles. The number of carbonyl (C=O) groups excluding carboxylic acids is 1. The van der Waals surface area contributed by atoms with E-state index in [1.165, 1.54) is 0 Å². The number of aliphatic carboxylic acids is 1. The van der Waals surface area contributed by atoms with E-state index >= 15 is 0 Å². The lowest BCUT2D eigenvalue weighted by Gasteiger charge is -2.19. The van der Waals surface area contributed by atoms with E-state index in [1.807, 2.05) is 14.1 Å². The van der Waals surface area contributed by atoms with E-state index in [4.69, 9.17) is 5.11 Å². The summed E-state index contributed by atoms with van der Waals surface area (Å²) < 4.78 is 0. The molecule has 0 saturated carbocycles. The van der Waals surface area contributed by atoms with Crippen molar-refractivity contribution >= 4 is 17.7 Å². The minimum atomic E-state index is -0.890. The van der Waals surface area contributed by atoms with Gasteiger partial charge in [-0.1, -0.05) is 12.1 Å². The van der Waals surface area contributed by atoms with Gasteiger partial charge in [0.25, 0.3) is 0 Å². The molecule has 0 aliphatic rings. The number of carboxylic acids is 1. The summed E-state index contributed by atoms with van der Waals surface area (Å²) in [4.78, 5) is 26.4. The Hall–Kier alpha value is -2.08. The van der Waals surface area contributed by atoms with Gasteiger partial charge in [-0.2, -0.15) is 0 Å². The van der Waals surface area contributed by atoms with E-state index < -0.39 is 5.97 Å². The quantitative estimate of drug-likeness (QED) is 0.803. The van der Waals surface area contributed by atoms with Crippen LogP contribution in [0.1, 0.15) is 12.0 Å². The Bertz CT molecular complexity index is 489. The Kier molecular flexibility index (Phi) is 6.68. The summed E-state index contributed by atoms with van der Waals surface area (Å²) in [6.45, 7) is 1.59. The first-order chi connectivity index (χ1) is 9.88. The lowest BCUT2D eigenvalue weighted by molar-refractivity contribution is -0.136. The predicted octanol–water partition coefficient (Wildman–Crippen LogP) is 1.73. The van der Waals surface area contributed by atoms with E-state index in [-0.39, 0.29) is 12.5 Å². The summed E-state index contributed by atoms with van der Waals surface area (Å²) in [6, 6.07) is 6.70. The van der Waals surface area contributed by atoms with Crippen molar-refractivity contribution in [3.8, 4) is 0 Å². The van der Waals surface area contributed by atoms with Gasteiger partial charge in [-0.05, 0) is 44.8 Å². The fourth-order valence-corrected chi connectivity index (χ4v) is 1.88. The number of amides is 2. The Morgan fingerprint density at radius 3 is 2.52 bits per heavy atom. The summed E-state index contributed by atoms with van der Waals surface area (Å²) in [6.07, 6.45) is 0.846. The van der Waals surface area contributed by atoms with Crippen LogP contribution in [0.25, 0.3) is 0 Å². The van der Waals surface area contributed by atoms with E-state index in [0.29, 0.717) is 17.8 Å². The maximum absolute atomic E-state index is 12.0. The second-order valence-electron chi connectivity index (χ2n) is 5.28. The number of nitrogens with one attached hydrogen (secondary N) is 1. The highest BCUT2D eigenvalue weighted by atomic mass is 16.4. The average Bonchev–Trinajstić information content (AvgIpc) is 2.37. The molecule has 0 saturated heterocycles. The first-order valence-electron chi connectivity index (χ1n) is 6.86. The summed E-state index contributed by atoms with van der Waals surface area (Å²) in [5.41, 5.74) is 1.27. The summed E-state index contributed by atoms with van der Waals surface area (Å²) in [5.74, 6) is -0.890. The second-order valence-corrected chi connectivity index (χ2v) is 5.28. The zero-order valence-electron chi connectivity index (χ0n) is 12.8. The second kappa shape index (κ2) is 8.26. The topological polar surface area (TPSA) is 72.9 Å². The van der Waals surface area contributed by atoms with Crippen molar-refractivity contribution in [1.82, 2.24) is 9.80 Å². The molecule has 0 aromatic heterocycles. The highest BCUT2D eigenvalue weighted by molar-refractivity contribution is 5.89. The van der Waals surface area contributed by atoms with Crippen molar-refractivity contribution in [1.29, 1.82) is 0 Å². The molecule has 1 aromatic rings. The van der Waals surface area contributed by atoms with Crippen molar-refractivity contribution in [2.45, 2.75) is 12.8 Å². The number of hydrogen-bond acceptors (Lipinski definition) is 3. The van der Waals surface area contributed by atoms with E-state index in [1.54, 1.807) is 36.2 Å². The summed E-state index contributed by atoms with van der Waals surface area (Å²) >= 11 is 0. The summed E-state index contributed by atoms with van der Waals surface area (Å²) in [5, 5.41) is 11.5. The van der Waals surface area contributed by atoms with Gasteiger partial charge in [0, 0.05) is 19.3 Å². The maximum Gasteiger partial charge on any atom is 0.321 e. The fraction of sp³-hybridized carbons (Fsp3) is 0.467. The lowest BCUT2D eigenvalue weighted by atomic mass is 10.1. The van der Waals surface area contributed by atoms with Gasteiger partial charge in [-0.25, -0.2) is 4.79 Å². The fourth-order valence-electron chi connectivity index (χ4n) is 1.88. The maximum atomic E-state index is 12.0. The number of hydrogen-bond donors (Lipinski definition) is 2. The molecule has 1 rings (SSSR count). The third kappa shape index (κ3) is 6.76. The van der Waals surface area contributed by atoms with Crippen LogP contribution < -0.4 is 5.32 Å². The Morgan fingerprint density at radius 1 is 1.19 bits per heavy atom. The normalized spacial score (nSPS) is 10.5. The van der Waals surface area contributed by atoms with Crippen LogP contribution in [0.4, 0.5) is 10.5 Å². The van der Waals surface area contributed by atoms with Crippen LogP contribution in [-0.2, 0) is 11.2 Å². The molecule has 0 bridgehead atoms. The monoisotopic (exact) mass is 293 g/mol. The molecule has 0 aliphatic heterocycles. The van der Waals surface area contributed by atoms with Gasteiger partial charge in [0.2, 0.25) is 0 Å². The van der Waals surface area contributed by atoms with Crippen molar-refractivity contribution in [2.75, 3.05) is 39.5 Å². The van der Waals surface area contributed by atoms with Crippen LogP contribution >= 0.6 is 0 Å². The molecule has 0 fully saturated rings. The van der Waals surface area contributed by atoms with Crippen LogP contribution in [-0.4, -0.2) is 61.1 Å². The third-order valence-electron chi connectivity index (χ3n) is 2.98. The van der Waals surface area contributed by atoms with E-state index in [2.05, 4.69) is 10.2 Å². The van der Waals surface area contributed by atoms with Crippen LogP contribution in [0.2, 0.25) is 0 Å². The molecule has 0 radical (unpaired) electrons. The van der Waals surface area contributed by atoms with Crippen molar-refractivity contribution in [3.63, 3.8) is 0 Å². The minimum absolute atomic E-state index is 0.0532. The smallest absolute Gasteiger partial charge is 0.321 e. The minimum Gasteiger partial charge on any atom is -0.481 e. The lowest BCUT2D eigenvalue weighted by Crippen LogP contribution is -2.33. The van der Waals surface area contributed by atoms with E-state index in [9.17, 15) is 9.59 Å². The number of urea groups is 1. The Balaban J connectivity index is 2.51. The number of nitrogens with zero attached hydrogens (tertiary/aromatic N) is 2. The number of carbonyl (C=O) groups is 2. The molecule has 1 aromatic carbocycles. The van der Waals surface area contributed by atoms with Gasteiger partial charge in [0.05, 0.1) is 6.42 Å². The van der Waals surface area contributed by atoms with Crippen molar-refractivity contribution < 1.29 is 14.7 Å². The number of carboxylic acid groups (broad SMARTS) is 1. The highest BCUT2D eigenvalue weighted by Crippen LogP contribution is 2.12. The zero-order valence-corrected chi connectivity index (χ0v) is 12.8. The largest absolute Gasteiger partial charge is 0.481 e. The standard InChI is InChI=1S/C15H23N3O3/c1-17(2)8-5-9-18(3)15(21)16-13-7-4-6-12(10-13)11-14(19)20/h4,6-7,10H,5,8-9,11H2,1-3H3,(H,16,21)(H,19,20). The molecule has 0 heterocycles. The van der Waals surface area contributed by atoms with Gasteiger partial charge >= 0.3 is 12.0 Å². The molecule has 21 heavy (non-hydrogen) atoms. The number of benzene rings is 1. The van der Waals surface area contributed by atoms with Gasteiger partial charge in [0.15, 0.2) is 0 Å². The van der Waals surface area contributed by atoms with Crippen LogP contribution in [0, 0.1) is 0 Å². The number of rotatable bonds is 7. The molecule has 0 atom stereocenters. The molecule has 0 unspecified atom stereocenters. The molecule has 0 spiro atoms.